The monoisotopic (exact) mass is 502 g/mol. The lowest BCUT2D eigenvalue weighted by atomic mass is 9.85. The second kappa shape index (κ2) is 27.8. The molecule has 0 aromatic carbocycles. The van der Waals surface area contributed by atoms with Crippen LogP contribution in [-0.4, -0.2) is 4.87 Å². The predicted octanol–water partition coefficient (Wildman–Crippen LogP) is 13.0. The largest absolute Gasteiger partial charge is 0.344 e. The van der Waals surface area contributed by atoms with Crippen LogP contribution in [0.1, 0.15) is 195 Å². The Bertz CT molecular complexity index is 363. The van der Waals surface area contributed by atoms with Gasteiger partial charge >= 0.3 is 0 Å². The molecule has 0 radical (unpaired) electrons. The molecule has 0 saturated heterocycles. The molecule has 2 heteroatoms. The Morgan fingerprint density at radius 3 is 0.824 bits per heavy atom. The molecule has 0 heterocycles. The van der Waals surface area contributed by atoms with E-state index in [1.165, 1.54) is 167 Å². The number of hydrogen-bond donors (Lipinski definition) is 1. The van der Waals surface area contributed by atoms with Gasteiger partial charge in [-0.3, -0.25) is 0 Å². The van der Waals surface area contributed by atoms with E-state index in [-0.39, 0.29) is 11.0 Å². The van der Waals surface area contributed by atoms with Crippen LogP contribution in [0.3, 0.4) is 0 Å². The molecule has 1 unspecified atom stereocenters. The molecule has 0 bridgehead atoms. The Morgan fingerprint density at radius 2 is 0.618 bits per heavy atom. The van der Waals surface area contributed by atoms with Crippen LogP contribution in [0.25, 0.3) is 0 Å². The molecule has 208 valence electrons. The number of alkyl halides is 1. The Kier molecular flexibility index (Phi) is 29.8. The summed E-state index contributed by atoms with van der Waals surface area (Å²) in [5.74, 6) is 0.700. The van der Waals surface area contributed by atoms with Crippen molar-refractivity contribution in [1.82, 2.24) is 6.15 Å². The lowest BCUT2D eigenvalue weighted by Crippen LogP contribution is -2.24. The highest BCUT2D eigenvalue weighted by molar-refractivity contribution is 6.23. The van der Waals surface area contributed by atoms with E-state index in [0.717, 1.165) is 0 Å². The van der Waals surface area contributed by atoms with Gasteiger partial charge in [-0.15, -0.1) is 11.6 Å². The fourth-order valence-electron chi connectivity index (χ4n) is 5.29. The molecule has 0 amide bonds. The van der Waals surface area contributed by atoms with E-state index in [1.807, 2.05) is 0 Å². The number of halogens is 1. The third-order valence-corrected chi connectivity index (χ3v) is 8.09. The summed E-state index contributed by atoms with van der Waals surface area (Å²) in [5, 5.41) is 0. The molecule has 34 heavy (non-hydrogen) atoms. The smallest absolute Gasteiger partial charge is 0.0418 e. The zero-order valence-corrected chi connectivity index (χ0v) is 25.3. The highest BCUT2D eigenvalue weighted by atomic mass is 35.5. The molecular weight excluding hydrogens is 434 g/mol. The van der Waals surface area contributed by atoms with E-state index < -0.39 is 0 Å². The normalized spacial score (nSPS) is 12.6. The third-order valence-electron chi connectivity index (χ3n) is 7.78. The Hall–Kier alpha value is 0.250. The van der Waals surface area contributed by atoms with Gasteiger partial charge in [-0.25, -0.2) is 0 Å². The summed E-state index contributed by atoms with van der Waals surface area (Å²) in [4.78, 5) is -0.0319. The highest BCUT2D eigenvalue weighted by Gasteiger charge is 2.25. The van der Waals surface area contributed by atoms with Gasteiger partial charge in [0.1, 0.15) is 0 Å². The van der Waals surface area contributed by atoms with Crippen LogP contribution in [0.2, 0.25) is 0 Å². The molecule has 0 fully saturated rings. The minimum atomic E-state index is -0.0319. The van der Waals surface area contributed by atoms with Gasteiger partial charge in [-0.2, -0.15) is 0 Å². The molecule has 0 aliphatic rings. The van der Waals surface area contributed by atoms with E-state index in [4.69, 9.17) is 11.6 Å². The van der Waals surface area contributed by atoms with Gasteiger partial charge in [0.25, 0.3) is 0 Å². The van der Waals surface area contributed by atoms with Crippen molar-refractivity contribution in [3.05, 3.63) is 0 Å². The molecule has 0 aromatic heterocycles. The van der Waals surface area contributed by atoms with Crippen molar-refractivity contribution in [2.75, 3.05) is 0 Å². The lowest BCUT2D eigenvalue weighted by molar-refractivity contribution is 0.334. The molecule has 0 aliphatic carbocycles. The molecule has 0 aromatic rings. The van der Waals surface area contributed by atoms with Crippen molar-refractivity contribution in [3.8, 4) is 0 Å². The van der Waals surface area contributed by atoms with Crippen molar-refractivity contribution < 1.29 is 0 Å². The van der Waals surface area contributed by atoms with Crippen LogP contribution in [-0.2, 0) is 0 Å². The summed E-state index contributed by atoms with van der Waals surface area (Å²) < 4.78 is 0. The molecule has 1 atom stereocenters. The second-order valence-electron chi connectivity index (χ2n) is 11.6. The Morgan fingerprint density at radius 1 is 0.412 bits per heavy atom. The van der Waals surface area contributed by atoms with Crippen LogP contribution in [0.4, 0.5) is 0 Å². The summed E-state index contributed by atoms with van der Waals surface area (Å²) >= 11 is 6.78. The molecule has 3 N–H and O–H groups in total. The average Bonchev–Trinajstić information content (AvgIpc) is 2.78. The van der Waals surface area contributed by atoms with Gasteiger partial charge in [-0.05, 0) is 32.6 Å². The van der Waals surface area contributed by atoms with Crippen LogP contribution in [0.15, 0.2) is 0 Å². The van der Waals surface area contributed by atoms with E-state index in [9.17, 15) is 0 Å². The maximum atomic E-state index is 6.78. The topological polar surface area (TPSA) is 35.0 Å². The standard InChI is InChI=1S/C32H65Cl.H3N/c1-5-7-9-11-13-15-17-18-19-20-22-24-26-28-30-31(32(3,4)33)29-27-25-23-21-16-14-12-10-8-6-2;/h31H,5-30H2,1-4H3;1H3. The minimum absolute atomic E-state index is 0. The quantitative estimate of drug-likeness (QED) is 0.0880. The zero-order valence-electron chi connectivity index (χ0n) is 24.5. The van der Waals surface area contributed by atoms with Crippen molar-refractivity contribution in [3.63, 3.8) is 0 Å². The first kappa shape index (κ1) is 36.4. The fourth-order valence-corrected chi connectivity index (χ4v) is 5.51. The summed E-state index contributed by atoms with van der Waals surface area (Å²) in [5.41, 5.74) is 0. The fraction of sp³-hybridized carbons (Fsp3) is 1.00. The molecule has 1 nitrogen and oxygen atoms in total. The van der Waals surface area contributed by atoms with E-state index in [0.29, 0.717) is 5.92 Å². The van der Waals surface area contributed by atoms with Crippen molar-refractivity contribution >= 4 is 11.6 Å². The Labute approximate surface area is 222 Å². The highest BCUT2D eigenvalue weighted by Crippen LogP contribution is 2.33. The zero-order chi connectivity index (χ0) is 24.5. The second-order valence-corrected chi connectivity index (χ2v) is 12.6. The van der Waals surface area contributed by atoms with Gasteiger partial charge < -0.3 is 6.15 Å². The van der Waals surface area contributed by atoms with E-state index >= 15 is 0 Å². The number of hydrogen-bond acceptors (Lipinski definition) is 1. The van der Waals surface area contributed by atoms with Gasteiger partial charge in [0.15, 0.2) is 0 Å². The average molecular weight is 502 g/mol. The summed E-state index contributed by atoms with van der Waals surface area (Å²) in [7, 11) is 0. The molecule has 0 aliphatic heterocycles. The number of rotatable bonds is 27. The van der Waals surface area contributed by atoms with Crippen LogP contribution in [0, 0.1) is 5.92 Å². The molecule has 0 rings (SSSR count). The van der Waals surface area contributed by atoms with Gasteiger partial charge in [0, 0.05) is 4.87 Å². The lowest BCUT2D eigenvalue weighted by Gasteiger charge is -2.28. The van der Waals surface area contributed by atoms with E-state index in [1.54, 1.807) is 0 Å². The third kappa shape index (κ3) is 26.8. The van der Waals surface area contributed by atoms with Crippen LogP contribution in [0.5, 0.6) is 0 Å². The first-order valence-corrected chi connectivity index (χ1v) is 16.1. The molecular formula is C32H68ClN. The minimum Gasteiger partial charge on any atom is -0.344 e. The Balaban J connectivity index is 0. The maximum absolute atomic E-state index is 6.78. The first-order chi connectivity index (χ1) is 16.0. The summed E-state index contributed by atoms with van der Waals surface area (Å²) in [6.45, 7) is 9.10. The predicted molar refractivity (Wildman–Crippen MR) is 160 cm³/mol. The first-order valence-electron chi connectivity index (χ1n) is 15.7. The van der Waals surface area contributed by atoms with Crippen LogP contribution >= 0.6 is 11.6 Å². The summed E-state index contributed by atoms with van der Waals surface area (Å²) in [6, 6.07) is 0. The van der Waals surface area contributed by atoms with Crippen LogP contribution < -0.4 is 6.15 Å². The maximum Gasteiger partial charge on any atom is 0.0418 e. The molecule has 0 spiro atoms. The van der Waals surface area contributed by atoms with Gasteiger partial charge in [0.05, 0.1) is 0 Å². The van der Waals surface area contributed by atoms with Gasteiger partial charge in [0.2, 0.25) is 0 Å². The van der Waals surface area contributed by atoms with Crippen molar-refractivity contribution in [2.45, 2.75) is 200 Å². The molecule has 0 saturated carbocycles. The van der Waals surface area contributed by atoms with E-state index in [2.05, 4.69) is 27.7 Å². The van der Waals surface area contributed by atoms with Crippen molar-refractivity contribution in [1.29, 1.82) is 0 Å². The number of unbranched alkanes of at least 4 members (excludes halogenated alkanes) is 22. The SMILES string of the molecule is CCCCCCCCCCCCCCCCC(CCCCCCCCCCCC)C(C)(C)Cl.N. The van der Waals surface area contributed by atoms with Crippen molar-refractivity contribution in [2.24, 2.45) is 5.92 Å². The van der Waals surface area contributed by atoms with Gasteiger partial charge in [-0.1, -0.05) is 168 Å². The summed E-state index contributed by atoms with van der Waals surface area (Å²) in [6.07, 6.45) is 37.1.